The number of pyridine rings is 1. The van der Waals surface area contributed by atoms with Gasteiger partial charge in [-0.05, 0) is 37.3 Å². The molecule has 3 aromatic rings. The predicted octanol–water partition coefficient (Wildman–Crippen LogP) is 2.71. The Balaban J connectivity index is 1.66. The number of carbonyl (C=O) groups is 2. The summed E-state index contributed by atoms with van der Waals surface area (Å²) in [4.78, 5) is 28.5. The van der Waals surface area contributed by atoms with E-state index in [1.165, 1.54) is 12.1 Å². The first kappa shape index (κ1) is 17.2. The molecule has 0 bridgehead atoms. The summed E-state index contributed by atoms with van der Waals surface area (Å²) in [6.45, 7) is 1.53. The van der Waals surface area contributed by atoms with Crippen molar-refractivity contribution in [3.8, 4) is 0 Å². The average Bonchev–Trinajstić information content (AvgIpc) is 2.96. The first-order valence-electron chi connectivity index (χ1n) is 7.29. The van der Waals surface area contributed by atoms with Gasteiger partial charge in [-0.1, -0.05) is 23.2 Å². The fourth-order valence-corrected chi connectivity index (χ4v) is 2.61. The molecule has 1 aromatic carbocycles. The summed E-state index contributed by atoms with van der Waals surface area (Å²) in [7, 11) is 0. The molecule has 2 amide bonds. The smallest absolute Gasteiger partial charge is 0.253 e. The number of aromatic nitrogens is 3. The molecule has 0 aliphatic rings. The largest absolute Gasteiger partial charge is 0.343 e. The Bertz CT molecular complexity index is 970. The average molecular weight is 378 g/mol. The van der Waals surface area contributed by atoms with E-state index < -0.39 is 11.8 Å². The molecule has 0 radical (unpaired) electrons. The van der Waals surface area contributed by atoms with Crippen LogP contribution in [0.25, 0.3) is 5.65 Å². The fourth-order valence-electron chi connectivity index (χ4n) is 2.23. The maximum Gasteiger partial charge on any atom is 0.253 e. The minimum Gasteiger partial charge on any atom is -0.343 e. The maximum absolute atomic E-state index is 12.1. The Labute approximate surface area is 153 Å². The second-order valence-electron chi connectivity index (χ2n) is 5.20. The first-order valence-corrected chi connectivity index (χ1v) is 8.05. The summed E-state index contributed by atoms with van der Waals surface area (Å²) in [5, 5.41) is 10.0. The molecule has 0 aliphatic heterocycles. The van der Waals surface area contributed by atoms with Gasteiger partial charge in [0.15, 0.2) is 5.65 Å². The van der Waals surface area contributed by atoms with Crippen LogP contribution in [0, 0.1) is 6.92 Å². The van der Waals surface area contributed by atoms with E-state index in [1.807, 2.05) is 0 Å². The number of anilines is 1. The molecule has 0 spiro atoms. The van der Waals surface area contributed by atoms with E-state index in [2.05, 4.69) is 20.7 Å². The van der Waals surface area contributed by atoms with Crippen LogP contribution in [0.2, 0.25) is 10.0 Å². The lowest BCUT2D eigenvalue weighted by Gasteiger charge is -2.08. The van der Waals surface area contributed by atoms with E-state index >= 15 is 0 Å². The molecule has 2 N–H and O–H groups in total. The van der Waals surface area contributed by atoms with Crippen LogP contribution in [0.1, 0.15) is 16.2 Å². The van der Waals surface area contributed by atoms with Crippen LogP contribution in [0.4, 0.5) is 5.69 Å². The molecule has 7 nitrogen and oxygen atoms in total. The van der Waals surface area contributed by atoms with Crippen LogP contribution >= 0.6 is 23.2 Å². The number of amides is 2. The quantitative estimate of drug-likeness (QED) is 0.731. The van der Waals surface area contributed by atoms with Crippen molar-refractivity contribution < 1.29 is 9.59 Å². The lowest BCUT2D eigenvalue weighted by molar-refractivity contribution is -0.115. The molecular formula is C16H13Cl2N5O2. The van der Waals surface area contributed by atoms with Gasteiger partial charge in [0.1, 0.15) is 5.82 Å². The number of fused-ring (bicyclic) bond motifs is 1. The van der Waals surface area contributed by atoms with E-state index in [0.29, 0.717) is 22.2 Å². The third kappa shape index (κ3) is 3.89. The van der Waals surface area contributed by atoms with E-state index in [4.69, 9.17) is 23.2 Å². The van der Waals surface area contributed by atoms with Crippen LogP contribution < -0.4 is 10.6 Å². The van der Waals surface area contributed by atoms with Gasteiger partial charge in [-0.3, -0.25) is 9.59 Å². The Kier molecular flexibility index (Phi) is 4.87. The molecule has 0 aliphatic carbocycles. The van der Waals surface area contributed by atoms with Gasteiger partial charge in [0, 0.05) is 11.2 Å². The molecule has 128 valence electrons. The lowest BCUT2D eigenvalue weighted by Crippen LogP contribution is -2.33. The van der Waals surface area contributed by atoms with Gasteiger partial charge in [0.2, 0.25) is 5.91 Å². The Morgan fingerprint density at radius 1 is 1.24 bits per heavy atom. The number of carbonyl (C=O) groups excluding carboxylic acids is 2. The third-order valence-electron chi connectivity index (χ3n) is 3.32. The van der Waals surface area contributed by atoms with Gasteiger partial charge in [-0.15, -0.1) is 0 Å². The number of halogens is 2. The van der Waals surface area contributed by atoms with Crippen molar-refractivity contribution in [3.05, 3.63) is 58.0 Å². The Morgan fingerprint density at radius 3 is 2.84 bits per heavy atom. The van der Waals surface area contributed by atoms with Crippen LogP contribution in [-0.2, 0) is 4.79 Å². The minimum atomic E-state index is -0.487. The van der Waals surface area contributed by atoms with Crippen LogP contribution in [-0.4, -0.2) is 33.0 Å². The Hall–Kier alpha value is -2.64. The number of nitrogens with zero attached hydrogens (tertiary/aromatic N) is 3. The molecule has 3 rings (SSSR count). The molecule has 0 fully saturated rings. The number of hydrogen-bond donors (Lipinski definition) is 2. The van der Waals surface area contributed by atoms with Gasteiger partial charge >= 0.3 is 0 Å². The lowest BCUT2D eigenvalue weighted by atomic mass is 10.2. The maximum atomic E-state index is 12.1. The first-order chi connectivity index (χ1) is 11.9. The molecule has 9 heteroatoms. The Morgan fingerprint density at radius 2 is 2.04 bits per heavy atom. The molecule has 0 atom stereocenters. The van der Waals surface area contributed by atoms with Crippen molar-refractivity contribution >= 4 is 46.4 Å². The summed E-state index contributed by atoms with van der Waals surface area (Å²) >= 11 is 11.8. The monoisotopic (exact) mass is 377 g/mol. The number of nitrogens with one attached hydrogen (secondary N) is 2. The zero-order valence-electron chi connectivity index (χ0n) is 13.1. The molecule has 0 saturated carbocycles. The highest BCUT2D eigenvalue weighted by Gasteiger charge is 2.13. The second-order valence-corrected chi connectivity index (χ2v) is 6.05. The topological polar surface area (TPSA) is 88.4 Å². The van der Waals surface area contributed by atoms with E-state index in [1.54, 1.807) is 35.8 Å². The fraction of sp³-hybridized carbons (Fsp3) is 0.125. The highest BCUT2D eigenvalue weighted by atomic mass is 35.5. The van der Waals surface area contributed by atoms with Crippen LogP contribution in [0.3, 0.4) is 0 Å². The summed E-state index contributed by atoms with van der Waals surface area (Å²) in [6, 6.07) is 7.98. The number of hydrogen-bond acceptors (Lipinski definition) is 4. The molecule has 2 heterocycles. The predicted molar refractivity (Wildman–Crippen MR) is 95.1 cm³/mol. The van der Waals surface area contributed by atoms with Crippen LogP contribution in [0.5, 0.6) is 0 Å². The van der Waals surface area contributed by atoms with Gasteiger partial charge in [0.25, 0.3) is 5.91 Å². The van der Waals surface area contributed by atoms with Crippen molar-refractivity contribution in [2.24, 2.45) is 0 Å². The summed E-state index contributed by atoms with van der Waals surface area (Å²) in [5.74, 6) is -0.301. The normalized spacial score (nSPS) is 10.7. The van der Waals surface area contributed by atoms with Crippen LogP contribution in [0.15, 0.2) is 36.5 Å². The number of aryl methyl sites for hydroxylation is 1. The highest BCUT2D eigenvalue weighted by molar-refractivity contribution is 6.35. The van der Waals surface area contributed by atoms with E-state index in [9.17, 15) is 9.59 Å². The van der Waals surface area contributed by atoms with Gasteiger partial charge in [0.05, 0.1) is 22.8 Å². The molecule has 0 unspecified atom stereocenters. The van der Waals surface area contributed by atoms with Crippen molar-refractivity contribution in [1.29, 1.82) is 0 Å². The van der Waals surface area contributed by atoms with Crippen molar-refractivity contribution in [2.45, 2.75) is 6.92 Å². The number of benzene rings is 1. The highest BCUT2D eigenvalue weighted by Crippen LogP contribution is 2.20. The van der Waals surface area contributed by atoms with E-state index in [0.717, 1.165) is 0 Å². The van der Waals surface area contributed by atoms with E-state index in [-0.39, 0.29) is 17.1 Å². The summed E-state index contributed by atoms with van der Waals surface area (Å²) < 4.78 is 1.56. The van der Waals surface area contributed by atoms with Crippen molar-refractivity contribution in [2.75, 3.05) is 11.9 Å². The zero-order valence-corrected chi connectivity index (χ0v) is 14.6. The molecule has 25 heavy (non-hydrogen) atoms. The van der Waals surface area contributed by atoms with Gasteiger partial charge in [-0.2, -0.15) is 5.10 Å². The molecular weight excluding hydrogens is 365 g/mol. The zero-order chi connectivity index (χ0) is 18.0. The van der Waals surface area contributed by atoms with Crippen molar-refractivity contribution in [3.63, 3.8) is 0 Å². The standard InChI is InChI=1S/C16H13Cl2N5O2/c1-9-20-15-13(3-2-6-23(15)22-9)21-14(24)8-19-16(25)11-7-10(17)4-5-12(11)18/h2-7H,8H2,1H3,(H,19,25)(H,21,24). The second kappa shape index (κ2) is 7.08. The minimum absolute atomic E-state index is 0.206. The van der Waals surface area contributed by atoms with Gasteiger partial charge < -0.3 is 10.6 Å². The number of rotatable bonds is 4. The third-order valence-corrected chi connectivity index (χ3v) is 3.89. The molecule has 2 aromatic heterocycles. The van der Waals surface area contributed by atoms with Crippen molar-refractivity contribution in [1.82, 2.24) is 19.9 Å². The van der Waals surface area contributed by atoms with Gasteiger partial charge in [-0.25, -0.2) is 9.50 Å². The summed E-state index contributed by atoms with van der Waals surface area (Å²) in [6.07, 6.45) is 1.73. The SMILES string of the molecule is Cc1nc2c(NC(=O)CNC(=O)c3cc(Cl)ccc3Cl)cccn2n1. The molecule has 0 saturated heterocycles. The summed E-state index contributed by atoms with van der Waals surface area (Å²) in [5.41, 5.74) is 1.23.